The number of hydrogen-bond donors (Lipinski definition) is 2. The van der Waals surface area contributed by atoms with E-state index in [-0.39, 0.29) is 17.1 Å². The average molecular weight is 378 g/mol. The van der Waals surface area contributed by atoms with Gasteiger partial charge in [-0.1, -0.05) is 23.9 Å². The second-order valence-corrected chi connectivity index (χ2v) is 7.17. The van der Waals surface area contributed by atoms with Crippen LogP contribution in [0.3, 0.4) is 0 Å². The predicted molar refractivity (Wildman–Crippen MR) is 90.7 cm³/mol. The van der Waals surface area contributed by atoms with Gasteiger partial charge in [-0.25, -0.2) is 0 Å². The molecule has 0 aromatic heterocycles. The van der Waals surface area contributed by atoms with Gasteiger partial charge in [0.05, 0.1) is 11.3 Å². The van der Waals surface area contributed by atoms with Crippen molar-refractivity contribution in [2.75, 3.05) is 0 Å². The quantitative estimate of drug-likeness (QED) is 0.461. The first kappa shape index (κ1) is 17.2. The first-order valence-electron chi connectivity index (χ1n) is 6.98. The number of hydrogen-bond acceptors (Lipinski definition) is 8. The van der Waals surface area contributed by atoms with Gasteiger partial charge in [0.15, 0.2) is 0 Å². The monoisotopic (exact) mass is 378 g/mol. The molecule has 0 spiro atoms. The molecule has 2 saturated heterocycles. The highest BCUT2D eigenvalue weighted by molar-refractivity contribution is 8.18. The summed E-state index contributed by atoms with van der Waals surface area (Å²) in [6.07, 6.45) is 1.33. The molecule has 10 heteroatoms. The molecule has 0 saturated carbocycles. The fourth-order valence-corrected chi connectivity index (χ4v) is 3.54. The molecular weight excluding hydrogens is 368 g/mol. The van der Waals surface area contributed by atoms with Crippen LogP contribution in [0.15, 0.2) is 29.2 Å². The minimum absolute atomic E-state index is 0.215. The Morgan fingerprint density at radius 3 is 2.36 bits per heavy atom. The number of imide groups is 2. The lowest BCUT2D eigenvalue weighted by Gasteiger charge is -2.06. The summed E-state index contributed by atoms with van der Waals surface area (Å²) in [5.74, 6) is -1.32. The van der Waals surface area contributed by atoms with E-state index in [1.807, 2.05) is 0 Å². The van der Waals surface area contributed by atoms with Crippen molar-refractivity contribution in [3.8, 4) is 5.75 Å². The van der Waals surface area contributed by atoms with Crippen LogP contribution < -0.4 is 15.4 Å². The van der Waals surface area contributed by atoms with Gasteiger partial charge in [0, 0.05) is 0 Å². The Morgan fingerprint density at radius 2 is 1.80 bits per heavy atom. The van der Waals surface area contributed by atoms with Crippen molar-refractivity contribution < 1.29 is 28.7 Å². The Labute approximate surface area is 149 Å². The lowest BCUT2D eigenvalue weighted by molar-refractivity contribution is -0.135. The van der Waals surface area contributed by atoms with Crippen LogP contribution in [0.5, 0.6) is 5.75 Å². The van der Waals surface area contributed by atoms with Gasteiger partial charge in [0.2, 0.25) is 5.91 Å². The lowest BCUT2D eigenvalue weighted by atomic mass is 10.2. The predicted octanol–water partition coefficient (Wildman–Crippen LogP) is 1.66. The van der Waals surface area contributed by atoms with E-state index in [2.05, 4.69) is 10.6 Å². The summed E-state index contributed by atoms with van der Waals surface area (Å²) < 4.78 is 5.12. The smallest absolute Gasteiger partial charge is 0.312 e. The largest absolute Gasteiger partial charge is 0.426 e. The van der Waals surface area contributed by atoms with Crippen molar-refractivity contribution in [3.63, 3.8) is 0 Å². The van der Waals surface area contributed by atoms with Crippen molar-refractivity contribution in [2.45, 2.75) is 11.7 Å². The van der Waals surface area contributed by atoms with Gasteiger partial charge in [-0.2, -0.15) is 0 Å². The maximum Gasteiger partial charge on any atom is 0.312 e. The molecule has 2 N–H and O–H groups in total. The van der Waals surface area contributed by atoms with Gasteiger partial charge in [0.25, 0.3) is 16.4 Å². The molecule has 0 radical (unpaired) electrons. The number of carbonyl (C=O) groups is 5. The summed E-state index contributed by atoms with van der Waals surface area (Å²) >= 11 is 1.57. The fourth-order valence-electron chi connectivity index (χ4n) is 2.06. The Bertz CT molecular complexity index is 818. The highest BCUT2D eigenvalue weighted by Crippen LogP contribution is 2.26. The number of carbonyl (C=O) groups excluding carboxylic acids is 5. The maximum absolute atomic E-state index is 11.8. The zero-order valence-corrected chi connectivity index (χ0v) is 14.1. The second kappa shape index (κ2) is 7.11. The van der Waals surface area contributed by atoms with Crippen LogP contribution in [0.25, 0.3) is 6.08 Å². The van der Waals surface area contributed by atoms with Gasteiger partial charge >= 0.3 is 5.97 Å². The number of nitrogens with one attached hydrogen (secondary N) is 2. The average Bonchev–Trinajstić information content (AvgIpc) is 3.02. The van der Waals surface area contributed by atoms with E-state index in [0.29, 0.717) is 5.56 Å². The Balaban J connectivity index is 1.59. The number of esters is 1. The number of benzene rings is 1. The summed E-state index contributed by atoms with van der Waals surface area (Å²) in [6, 6.07) is 6.28. The third-order valence-electron chi connectivity index (χ3n) is 3.17. The Kier molecular flexibility index (Phi) is 4.91. The molecule has 2 heterocycles. The molecule has 25 heavy (non-hydrogen) atoms. The molecule has 2 fully saturated rings. The molecule has 128 valence electrons. The van der Waals surface area contributed by atoms with Crippen LogP contribution in [0.4, 0.5) is 9.59 Å². The summed E-state index contributed by atoms with van der Waals surface area (Å²) in [7, 11) is 0. The SMILES string of the molecule is O=C(CC1SC(=O)NC1=O)Oc1ccc(/C=C2\SC(=O)NC2=O)cc1. The molecule has 8 nitrogen and oxygen atoms in total. The molecule has 1 atom stereocenters. The number of ether oxygens (including phenoxy) is 1. The van der Waals surface area contributed by atoms with Crippen molar-refractivity contribution in [1.29, 1.82) is 0 Å². The van der Waals surface area contributed by atoms with Gasteiger partial charge in [0.1, 0.15) is 11.0 Å². The molecular formula is C15H10N2O6S2. The highest BCUT2D eigenvalue weighted by Gasteiger charge is 2.33. The first-order valence-corrected chi connectivity index (χ1v) is 8.67. The maximum atomic E-state index is 11.8. The van der Waals surface area contributed by atoms with Crippen LogP contribution in [0.1, 0.15) is 12.0 Å². The number of thioether (sulfide) groups is 2. The van der Waals surface area contributed by atoms with E-state index in [4.69, 9.17) is 4.74 Å². The molecule has 1 unspecified atom stereocenters. The fraction of sp³-hybridized carbons (Fsp3) is 0.133. The molecule has 0 aliphatic carbocycles. The molecule has 2 aliphatic heterocycles. The van der Waals surface area contributed by atoms with Crippen molar-refractivity contribution in [2.24, 2.45) is 0 Å². The summed E-state index contributed by atoms with van der Waals surface area (Å²) in [5, 5.41) is 2.57. The Hall–Kier alpha value is -2.59. The van der Waals surface area contributed by atoms with E-state index in [1.54, 1.807) is 18.2 Å². The van der Waals surface area contributed by atoms with Gasteiger partial charge in [-0.15, -0.1) is 0 Å². The minimum Gasteiger partial charge on any atom is -0.426 e. The van der Waals surface area contributed by atoms with Crippen molar-refractivity contribution in [3.05, 3.63) is 34.7 Å². The molecule has 2 aliphatic rings. The topological polar surface area (TPSA) is 119 Å². The molecule has 1 aromatic rings. The van der Waals surface area contributed by atoms with E-state index in [9.17, 15) is 24.0 Å². The minimum atomic E-state index is -0.778. The third-order valence-corrected chi connectivity index (χ3v) is 4.96. The van der Waals surface area contributed by atoms with Gasteiger partial charge in [-0.05, 0) is 35.5 Å². The molecule has 0 bridgehead atoms. The number of rotatable bonds is 4. The van der Waals surface area contributed by atoms with Crippen LogP contribution in [0, 0.1) is 0 Å². The van der Waals surface area contributed by atoms with Gasteiger partial charge in [-0.3, -0.25) is 34.6 Å². The third kappa shape index (κ3) is 4.28. The first-order chi connectivity index (χ1) is 11.9. The standard InChI is InChI=1S/C15H10N2O6S2/c18-11(6-10-13(20)17-15(22)25-10)23-8-3-1-7(2-4-8)5-9-12(19)16-14(21)24-9/h1-5,10H,6H2,(H,16,19,21)(H,17,20,22)/b9-5-. The molecule has 3 rings (SSSR count). The zero-order chi connectivity index (χ0) is 18.0. The van der Waals surface area contributed by atoms with E-state index in [0.717, 1.165) is 23.5 Å². The van der Waals surface area contributed by atoms with Crippen LogP contribution in [0.2, 0.25) is 0 Å². The summed E-state index contributed by atoms with van der Waals surface area (Å²) in [4.78, 5) is 57.1. The van der Waals surface area contributed by atoms with Crippen LogP contribution in [-0.4, -0.2) is 33.5 Å². The van der Waals surface area contributed by atoms with E-state index < -0.39 is 33.5 Å². The highest BCUT2D eigenvalue weighted by atomic mass is 32.2. The van der Waals surface area contributed by atoms with Crippen molar-refractivity contribution >= 4 is 57.9 Å². The van der Waals surface area contributed by atoms with Crippen molar-refractivity contribution in [1.82, 2.24) is 10.6 Å². The zero-order valence-electron chi connectivity index (χ0n) is 12.4. The number of amides is 4. The lowest BCUT2D eigenvalue weighted by Crippen LogP contribution is -2.27. The second-order valence-electron chi connectivity index (χ2n) is 4.98. The molecule has 1 aromatic carbocycles. The Morgan fingerprint density at radius 1 is 1.08 bits per heavy atom. The normalized spacial score (nSPS) is 21.4. The summed E-state index contributed by atoms with van der Waals surface area (Å²) in [6.45, 7) is 0. The summed E-state index contributed by atoms with van der Waals surface area (Å²) in [5.41, 5.74) is 0.656. The van der Waals surface area contributed by atoms with Crippen LogP contribution >= 0.6 is 23.5 Å². The van der Waals surface area contributed by atoms with Gasteiger partial charge < -0.3 is 4.74 Å². The molecule has 4 amide bonds. The van der Waals surface area contributed by atoms with E-state index in [1.165, 1.54) is 12.1 Å². The van der Waals surface area contributed by atoms with E-state index >= 15 is 0 Å². The van der Waals surface area contributed by atoms with Crippen LogP contribution in [-0.2, 0) is 14.4 Å².